The van der Waals surface area contributed by atoms with Crippen molar-refractivity contribution in [1.82, 2.24) is 0 Å². The van der Waals surface area contributed by atoms with E-state index in [-0.39, 0.29) is 0 Å². The third-order valence-electron chi connectivity index (χ3n) is 2.78. The maximum atomic E-state index is 12.4. The molecule has 0 aliphatic rings. The minimum Gasteiger partial charge on any atom is -0.468 e. The van der Waals surface area contributed by atoms with Crippen LogP contribution in [0.1, 0.15) is 24.0 Å². The molecular weight excluding hydrogens is 247 g/mol. The highest BCUT2D eigenvalue weighted by molar-refractivity contribution is 5.76. The molecule has 0 aromatic heterocycles. The van der Waals surface area contributed by atoms with E-state index in [1.165, 1.54) is 19.2 Å². The lowest BCUT2D eigenvalue weighted by Gasteiger charge is -2.18. The molecule has 0 saturated heterocycles. The van der Waals surface area contributed by atoms with Crippen LogP contribution in [0, 0.1) is 0 Å². The lowest BCUT2D eigenvalue weighted by molar-refractivity contribution is -0.142. The molecule has 3 nitrogen and oxygen atoms in total. The Labute approximate surface area is 103 Å². The summed E-state index contributed by atoms with van der Waals surface area (Å²) < 4.78 is 41.6. The summed E-state index contributed by atoms with van der Waals surface area (Å²) in [5.74, 6) is -1.01. The number of carbonyl (C=O) groups excluding carboxylic acids is 1. The van der Waals surface area contributed by atoms with Crippen molar-refractivity contribution in [2.24, 2.45) is 5.73 Å². The van der Waals surface area contributed by atoms with Crippen molar-refractivity contribution in [3.63, 3.8) is 0 Å². The maximum Gasteiger partial charge on any atom is 0.416 e. The molecule has 0 bridgehead atoms. The Balaban J connectivity index is 2.89. The van der Waals surface area contributed by atoms with Gasteiger partial charge in [0.25, 0.3) is 0 Å². The van der Waals surface area contributed by atoms with Gasteiger partial charge < -0.3 is 10.5 Å². The monoisotopic (exact) mass is 261 g/mol. The molecule has 6 heteroatoms. The van der Waals surface area contributed by atoms with Crippen molar-refractivity contribution in [2.75, 3.05) is 7.11 Å². The van der Waals surface area contributed by atoms with Crippen LogP contribution >= 0.6 is 0 Å². The largest absolute Gasteiger partial charge is 0.468 e. The Kier molecular flexibility index (Phi) is 4.34. The highest BCUT2D eigenvalue weighted by Gasteiger charge is 2.30. The number of alkyl halides is 3. The third kappa shape index (κ3) is 3.22. The molecular formula is C12H14F3NO2. The zero-order chi connectivity index (χ0) is 13.9. The van der Waals surface area contributed by atoms with Gasteiger partial charge in [0.2, 0.25) is 0 Å². The second-order valence-electron chi connectivity index (χ2n) is 3.96. The summed E-state index contributed by atoms with van der Waals surface area (Å²) in [4.78, 5) is 11.2. The van der Waals surface area contributed by atoms with Crippen LogP contribution in [0.2, 0.25) is 0 Å². The molecule has 0 spiro atoms. The molecule has 2 unspecified atom stereocenters. The zero-order valence-electron chi connectivity index (χ0n) is 9.99. The van der Waals surface area contributed by atoms with Gasteiger partial charge in [0.05, 0.1) is 12.7 Å². The van der Waals surface area contributed by atoms with Gasteiger partial charge in [0, 0.05) is 5.92 Å². The molecule has 0 heterocycles. The van der Waals surface area contributed by atoms with Crippen LogP contribution in [0.5, 0.6) is 0 Å². The highest BCUT2D eigenvalue weighted by atomic mass is 19.4. The van der Waals surface area contributed by atoms with Crippen LogP contribution in [0.3, 0.4) is 0 Å². The van der Waals surface area contributed by atoms with Crippen molar-refractivity contribution in [3.8, 4) is 0 Å². The summed E-state index contributed by atoms with van der Waals surface area (Å²) in [6.07, 6.45) is -4.37. The Hall–Kier alpha value is -1.56. The lowest BCUT2D eigenvalue weighted by Crippen LogP contribution is -2.36. The quantitative estimate of drug-likeness (QED) is 0.849. The molecule has 1 aromatic rings. The van der Waals surface area contributed by atoms with Gasteiger partial charge in [-0.1, -0.05) is 19.1 Å². The molecule has 1 aromatic carbocycles. The van der Waals surface area contributed by atoms with Crippen LogP contribution in [-0.2, 0) is 15.7 Å². The van der Waals surface area contributed by atoms with Crippen molar-refractivity contribution in [3.05, 3.63) is 35.4 Å². The number of hydrogen-bond acceptors (Lipinski definition) is 3. The maximum absolute atomic E-state index is 12.4. The number of methoxy groups -OCH3 is 1. The fraction of sp³-hybridized carbons (Fsp3) is 0.417. The van der Waals surface area contributed by atoms with E-state index in [4.69, 9.17) is 5.73 Å². The highest BCUT2D eigenvalue weighted by Crippen LogP contribution is 2.30. The van der Waals surface area contributed by atoms with E-state index in [0.717, 1.165) is 12.1 Å². The SMILES string of the molecule is COC(=O)C(N)C(C)c1ccc(C(F)(F)F)cc1. The molecule has 18 heavy (non-hydrogen) atoms. The van der Waals surface area contributed by atoms with Crippen molar-refractivity contribution in [2.45, 2.75) is 25.1 Å². The number of esters is 1. The fourth-order valence-corrected chi connectivity index (χ4v) is 1.52. The minimum atomic E-state index is -4.37. The van der Waals surface area contributed by atoms with Gasteiger partial charge in [-0.05, 0) is 17.7 Å². The Bertz CT molecular complexity index is 414. The average molecular weight is 261 g/mol. The number of ether oxygens (including phenoxy) is 1. The first-order valence-electron chi connectivity index (χ1n) is 5.28. The fourth-order valence-electron chi connectivity index (χ4n) is 1.52. The van der Waals surface area contributed by atoms with Crippen molar-refractivity contribution in [1.29, 1.82) is 0 Å². The molecule has 0 fully saturated rings. The van der Waals surface area contributed by atoms with E-state index in [2.05, 4.69) is 4.74 Å². The number of benzene rings is 1. The molecule has 2 N–H and O–H groups in total. The Morgan fingerprint density at radius 2 is 1.78 bits per heavy atom. The number of nitrogens with two attached hydrogens (primary N) is 1. The van der Waals surface area contributed by atoms with Gasteiger partial charge in [0.1, 0.15) is 6.04 Å². The second-order valence-corrected chi connectivity index (χ2v) is 3.96. The van der Waals surface area contributed by atoms with Crippen LogP contribution in [0.15, 0.2) is 24.3 Å². The summed E-state index contributed by atoms with van der Waals surface area (Å²) in [6, 6.07) is 3.67. The smallest absolute Gasteiger partial charge is 0.416 e. The second kappa shape index (κ2) is 5.39. The first-order chi connectivity index (χ1) is 8.27. The van der Waals surface area contributed by atoms with Gasteiger partial charge >= 0.3 is 12.1 Å². The summed E-state index contributed by atoms with van der Waals surface area (Å²) in [6.45, 7) is 1.66. The number of carbonyl (C=O) groups is 1. The van der Waals surface area contributed by atoms with E-state index in [9.17, 15) is 18.0 Å². The van der Waals surface area contributed by atoms with Crippen molar-refractivity contribution >= 4 is 5.97 Å². The first-order valence-corrected chi connectivity index (χ1v) is 5.28. The van der Waals surface area contributed by atoms with Gasteiger partial charge in [-0.2, -0.15) is 13.2 Å². The van der Waals surface area contributed by atoms with Gasteiger partial charge in [-0.3, -0.25) is 4.79 Å². The molecule has 0 radical (unpaired) electrons. The predicted molar refractivity (Wildman–Crippen MR) is 59.9 cm³/mol. The normalized spacial score (nSPS) is 15.0. The zero-order valence-corrected chi connectivity index (χ0v) is 9.99. The minimum absolute atomic E-state index is 0.417. The van der Waals surface area contributed by atoms with E-state index in [0.29, 0.717) is 5.56 Å². The van der Waals surface area contributed by atoms with Crippen LogP contribution in [0.25, 0.3) is 0 Å². The molecule has 2 atom stereocenters. The molecule has 0 aliphatic carbocycles. The summed E-state index contributed by atoms with van der Waals surface area (Å²) in [7, 11) is 1.21. The van der Waals surface area contributed by atoms with Crippen LogP contribution < -0.4 is 5.73 Å². The van der Waals surface area contributed by atoms with E-state index >= 15 is 0 Å². The number of halogens is 3. The van der Waals surface area contributed by atoms with Gasteiger partial charge in [-0.25, -0.2) is 0 Å². The summed E-state index contributed by atoms with van der Waals surface area (Å²) in [5.41, 5.74) is 5.46. The standard InChI is InChI=1S/C12H14F3NO2/c1-7(10(16)11(17)18-2)8-3-5-9(6-4-8)12(13,14)15/h3-7,10H,16H2,1-2H3. The Morgan fingerprint density at radius 1 is 1.28 bits per heavy atom. The number of hydrogen-bond donors (Lipinski definition) is 1. The van der Waals surface area contributed by atoms with E-state index in [1.54, 1.807) is 6.92 Å². The molecule has 0 amide bonds. The van der Waals surface area contributed by atoms with Crippen LogP contribution in [-0.4, -0.2) is 19.1 Å². The van der Waals surface area contributed by atoms with E-state index in [1.807, 2.05) is 0 Å². The molecule has 100 valence electrons. The summed E-state index contributed by atoms with van der Waals surface area (Å²) in [5, 5.41) is 0. The van der Waals surface area contributed by atoms with Crippen molar-refractivity contribution < 1.29 is 22.7 Å². The molecule has 0 saturated carbocycles. The molecule has 1 rings (SSSR count). The molecule has 0 aliphatic heterocycles. The van der Waals surface area contributed by atoms with Crippen LogP contribution in [0.4, 0.5) is 13.2 Å². The topological polar surface area (TPSA) is 52.3 Å². The van der Waals surface area contributed by atoms with Gasteiger partial charge in [0.15, 0.2) is 0 Å². The summed E-state index contributed by atoms with van der Waals surface area (Å²) >= 11 is 0. The third-order valence-corrected chi connectivity index (χ3v) is 2.78. The average Bonchev–Trinajstić information content (AvgIpc) is 2.35. The first kappa shape index (κ1) is 14.5. The number of rotatable bonds is 3. The lowest BCUT2D eigenvalue weighted by atomic mass is 9.93. The predicted octanol–water partition coefficient (Wildman–Crippen LogP) is 2.31. The van der Waals surface area contributed by atoms with Gasteiger partial charge in [-0.15, -0.1) is 0 Å². The Morgan fingerprint density at radius 3 is 2.17 bits per heavy atom. The van der Waals surface area contributed by atoms with E-state index < -0.39 is 29.7 Å².